The molecular weight excluding hydrogens is 320 g/mol. The van der Waals surface area contributed by atoms with Gasteiger partial charge in [-0.1, -0.05) is 22.9 Å². The smallest absolute Gasteiger partial charge is 0.198 e. The highest BCUT2D eigenvalue weighted by Crippen LogP contribution is 2.31. The Balaban J connectivity index is 2.21. The predicted molar refractivity (Wildman–Crippen MR) is 82.7 cm³/mol. The van der Waals surface area contributed by atoms with E-state index in [0.29, 0.717) is 6.42 Å². The number of nitrogens with zero attached hydrogens (tertiary/aromatic N) is 2. The molecule has 20 heavy (non-hydrogen) atoms. The van der Waals surface area contributed by atoms with E-state index in [2.05, 4.69) is 36.1 Å². The molecule has 5 nitrogen and oxygen atoms in total. The van der Waals surface area contributed by atoms with Crippen LogP contribution in [0.1, 0.15) is 18.9 Å². The van der Waals surface area contributed by atoms with Gasteiger partial charge in [-0.15, -0.1) is 0 Å². The van der Waals surface area contributed by atoms with Crippen LogP contribution in [0.15, 0.2) is 40.1 Å². The monoisotopic (exact) mass is 332 g/mol. The number of nitrogens with one attached hydrogen (secondary N) is 2. The van der Waals surface area contributed by atoms with Gasteiger partial charge in [-0.3, -0.25) is 5.10 Å². The second kappa shape index (κ2) is 5.13. The summed E-state index contributed by atoms with van der Waals surface area (Å²) in [6.07, 6.45) is 4.08. The first-order chi connectivity index (χ1) is 9.69. The molecule has 0 spiro atoms. The zero-order chi connectivity index (χ0) is 14.1. The molecule has 2 aromatic heterocycles. The molecule has 0 aliphatic heterocycles. The van der Waals surface area contributed by atoms with Gasteiger partial charge in [0, 0.05) is 21.6 Å². The van der Waals surface area contributed by atoms with Gasteiger partial charge in [0.15, 0.2) is 5.88 Å². The number of halogens is 1. The lowest BCUT2D eigenvalue weighted by Crippen LogP contribution is -1.97. The summed E-state index contributed by atoms with van der Waals surface area (Å²) in [5.41, 5.74) is 3.18. The maximum Gasteiger partial charge on any atom is 0.198 e. The van der Waals surface area contributed by atoms with E-state index in [9.17, 15) is 5.11 Å². The standard InChI is InChI=1S/C14H13BrN4O/c1-2-11(18-9-6-16-17-7-9)13-10-5-8(15)3-4-12(10)19-14(13)20/h3-7,19-20H,2H2,1H3,(H,16,17). The lowest BCUT2D eigenvalue weighted by atomic mass is 10.1. The summed E-state index contributed by atoms with van der Waals surface area (Å²) in [4.78, 5) is 7.53. The first-order valence-corrected chi connectivity index (χ1v) is 7.05. The first kappa shape index (κ1) is 12.9. The number of aliphatic imine (C=N–C) groups is 1. The van der Waals surface area contributed by atoms with Gasteiger partial charge in [0.1, 0.15) is 5.69 Å². The molecule has 0 saturated heterocycles. The van der Waals surface area contributed by atoms with Crippen molar-refractivity contribution < 1.29 is 5.11 Å². The summed E-state index contributed by atoms with van der Waals surface area (Å²) >= 11 is 3.46. The third-order valence-electron chi connectivity index (χ3n) is 3.11. The number of aromatic amines is 2. The second-order valence-corrected chi connectivity index (χ2v) is 5.32. The summed E-state index contributed by atoms with van der Waals surface area (Å²) in [5, 5.41) is 17.7. The average molecular weight is 333 g/mol. The lowest BCUT2D eigenvalue weighted by Gasteiger charge is -2.03. The molecule has 3 rings (SSSR count). The van der Waals surface area contributed by atoms with Crippen LogP contribution in [-0.2, 0) is 0 Å². The molecule has 2 heterocycles. The van der Waals surface area contributed by atoms with Gasteiger partial charge < -0.3 is 10.1 Å². The van der Waals surface area contributed by atoms with Crippen molar-refractivity contribution in [3.8, 4) is 5.88 Å². The summed E-state index contributed by atoms with van der Waals surface area (Å²) in [7, 11) is 0. The first-order valence-electron chi connectivity index (χ1n) is 6.26. The fourth-order valence-corrected chi connectivity index (χ4v) is 2.58. The molecule has 3 N–H and O–H groups in total. The van der Waals surface area contributed by atoms with E-state index < -0.39 is 0 Å². The molecule has 0 radical (unpaired) electrons. The Morgan fingerprint density at radius 1 is 1.45 bits per heavy atom. The van der Waals surface area contributed by atoms with Crippen LogP contribution >= 0.6 is 15.9 Å². The Labute approximate surface area is 123 Å². The summed E-state index contributed by atoms with van der Waals surface area (Å²) in [6.45, 7) is 2.01. The Bertz CT molecular complexity index is 774. The average Bonchev–Trinajstić information content (AvgIpc) is 3.03. The fraction of sp³-hybridized carbons (Fsp3) is 0.143. The van der Waals surface area contributed by atoms with Gasteiger partial charge >= 0.3 is 0 Å². The lowest BCUT2D eigenvalue weighted by molar-refractivity contribution is 0.457. The maximum atomic E-state index is 10.2. The number of aromatic nitrogens is 3. The topological polar surface area (TPSA) is 77.1 Å². The van der Waals surface area contributed by atoms with Crippen molar-refractivity contribution in [1.29, 1.82) is 0 Å². The van der Waals surface area contributed by atoms with Crippen LogP contribution in [-0.4, -0.2) is 26.0 Å². The van der Waals surface area contributed by atoms with E-state index in [1.165, 1.54) is 0 Å². The molecule has 6 heteroatoms. The van der Waals surface area contributed by atoms with E-state index in [1.54, 1.807) is 12.4 Å². The highest BCUT2D eigenvalue weighted by atomic mass is 79.9. The largest absolute Gasteiger partial charge is 0.494 e. The normalized spacial score (nSPS) is 12.2. The van der Waals surface area contributed by atoms with Crippen molar-refractivity contribution in [2.24, 2.45) is 4.99 Å². The third kappa shape index (κ3) is 2.22. The van der Waals surface area contributed by atoms with Gasteiger partial charge in [-0.25, -0.2) is 4.99 Å². The molecule has 0 aliphatic carbocycles. The Kier molecular flexibility index (Phi) is 3.31. The van der Waals surface area contributed by atoms with Gasteiger partial charge in [-0.2, -0.15) is 5.10 Å². The maximum absolute atomic E-state index is 10.2. The molecule has 0 amide bonds. The Morgan fingerprint density at radius 3 is 3.00 bits per heavy atom. The minimum absolute atomic E-state index is 0.141. The van der Waals surface area contributed by atoms with Crippen molar-refractivity contribution >= 4 is 38.2 Å². The summed E-state index contributed by atoms with van der Waals surface area (Å²) in [5.74, 6) is 0.141. The summed E-state index contributed by atoms with van der Waals surface area (Å²) in [6, 6.07) is 5.83. The van der Waals surface area contributed by atoms with Gasteiger partial charge in [0.25, 0.3) is 0 Å². The number of aromatic hydroxyl groups is 1. The quantitative estimate of drug-likeness (QED) is 0.636. The van der Waals surface area contributed by atoms with Crippen LogP contribution < -0.4 is 0 Å². The van der Waals surface area contributed by atoms with Crippen molar-refractivity contribution in [3.05, 3.63) is 40.6 Å². The molecular formula is C14H13BrN4O. The fourth-order valence-electron chi connectivity index (χ4n) is 2.21. The molecule has 1 aromatic carbocycles. The van der Waals surface area contributed by atoms with Crippen molar-refractivity contribution in [2.75, 3.05) is 0 Å². The molecule has 0 fully saturated rings. The molecule has 0 bridgehead atoms. The third-order valence-corrected chi connectivity index (χ3v) is 3.61. The zero-order valence-electron chi connectivity index (χ0n) is 10.8. The predicted octanol–water partition coefficient (Wildman–Crippen LogP) is 3.89. The highest BCUT2D eigenvalue weighted by Gasteiger charge is 2.15. The van der Waals surface area contributed by atoms with Crippen LogP contribution in [0.4, 0.5) is 5.69 Å². The zero-order valence-corrected chi connectivity index (χ0v) is 12.4. The molecule has 0 unspecified atom stereocenters. The number of fused-ring (bicyclic) bond motifs is 1. The van der Waals surface area contributed by atoms with E-state index in [0.717, 1.165) is 32.3 Å². The number of rotatable bonds is 3. The molecule has 0 atom stereocenters. The minimum Gasteiger partial charge on any atom is -0.494 e. The van der Waals surface area contributed by atoms with Crippen LogP contribution in [0.25, 0.3) is 10.9 Å². The molecule has 0 aliphatic rings. The van der Waals surface area contributed by atoms with Crippen molar-refractivity contribution in [3.63, 3.8) is 0 Å². The second-order valence-electron chi connectivity index (χ2n) is 4.41. The highest BCUT2D eigenvalue weighted by molar-refractivity contribution is 9.10. The van der Waals surface area contributed by atoms with Gasteiger partial charge in [0.05, 0.1) is 17.5 Å². The number of H-pyrrole nitrogens is 2. The number of hydrogen-bond acceptors (Lipinski definition) is 3. The van der Waals surface area contributed by atoms with Crippen LogP contribution in [0.5, 0.6) is 5.88 Å². The molecule has 102 valence electrons. The van der Waals surface area contributed by atoms with Gasteiger partial charge in [-0.05, 0) is 24.6 Å². The van der Waals surface area contributed by atoms with Gasteiger partial charge in [0.2, 0.25) is 0 Å². The van der Waals surface area contributed by atoms with E-state index in [4.69, 9.17) is 0 Å². The molecule has 3 aromatic rings. The number of benzene rings is 1. The SMILES string of the molecule is CCC(=Nc1cn[nH]c1)c1c(O)[nH]c2ccc(Br)cc12. The Hall–Kier alpha value is -2.08. The van der Waals surface area contributed by atoms with Crippen molar-refractivity contribution in [2.45, 2.75) is 13.3 Å². The molecule has 0 saturated carbocycles. The minimum atomic E-state index is 0.141. The summed E-state index contributed by atoms with van der Waals surface area (Å²) < 4.78 is 0.962. The van der Waals surface area contributed by atoms with Crippen LogP contribution in [0.2, 0.25) is 0 Å². The van der Waals surface area contributed by atoms with Crippen LogP contribution in [0, 0.1) is 0 Å². The van der Waals surface area contributed by atoms with E-state index >= 15 is 0 Å². The van der Waals surface area contributed by atoms with E-state index in [1.807, 2.05) is 25.1 Å². The van der Waals surface area contributed by atoms with E-state index in [-0.39, 0.29) is 5.88 Å². The Morgan fingerprint density at radius 2 is 2.30 bits per heavy atom. The number of hydrogen-bond donors (Lipinski definition) is 3. The van der Waals surface area contributed by atoms with Crippen LogP contribution in [0.3, 0.4) is 0 Å². The van der Waals surface area contributed by atoms with Crippen molar-refractivity contribution in [1.82, 2.24) is 15.2 Å².